The van der Waals surface area contributed by atoms with Gasteiger partial charge in [0, 0.05) is 6.26 Å². The summed E-state index contributed by atoms with van der Waals surface area (Å²) in [7, 11) is -3.40. The maximum atomic E-state index is 12.4. The number of nitrogens with one attached hydrogen (secondary N) is 1. The van der Waals surface area contributed by atoms with E-state index in [1.165, 1.54) is 6.07 Å². The fraction of sp³-hybridized carbons (Fsp3) is 0.312. The van der Waals surface area contributed by atoms with Crippen molar-refractivity contribution in [3.63, 3.8) is 0 Å². The molecule has 1 aromatic heterocycles. The third-order valence-corrected chi connectivity index (χ3v) is 5.67. The van der Waals surface area contributed by atoms with Crippen LogP contribution in [0.5, 0.6) is 0 Å². The van der Waals surface area contributed by atoms with Gasteiger partial charge >= 0.3 is 0 Å². The molecule has 118 valence electrons. The molecule has 0 aliphatic carbocycles. The van der Waals surface area contributed by atoms with Crippen LogP contribution >= 0.6 is 11.3 Å². The van der Waals surface area contributed by atoms with Gasteiger partial charge in [-0.05, 0) is 43.3 Å². The van der Waals surface area contributed by atoms with Crippen LogP contribution in [0, 0.1) is 13.8 Å². The molecule has 0 bridgehead atoms. The van der Waals surface area contributed by atoms with Crippen LogP contribution in [0.3, 0.4) is 0 Å². The van der Waals surface area contributed by atoms with E-state index in [1.54, 1.807) is 5.38 Å². The zero-order valence-electron chi connectivity index (χ0n) is 13.0. The Bertz CT molecular complexity index is 807. The quantitative estimate of drug-likeness (QED) is 0.931. The van der Waals surface area contributed by atoms with Crippen molar-refractivity contribution in [2.75, 3.05) is 6.26 Å². The van der Waals surface area contributed by atoms with E-state index in [1.807, 2.05) is 39.0 Å². The van der Waals surface area contributed by atoms with Crippen LogP contribution in [0.15, 0.2) is 34.5 Å². The third-order valence-electron chi connectivity index (χ3n) is 3.48. The molecule has 0 aliphatic heterocycles. The second kappa shape index (κ2) is 6.22. The monoisotopic (exact) mass is 337 g/mol. The number of carbonyl (C=O) groups excluding carboxylic acids is 1. The van der Waals surface area contributed by atoms with Crippen molar-refractivity contribution < 1.29 is 13.2 Å². The van der Waals surface area contributed by atoms with Gasteiger partial charge in [-0.2, -0.15) is 0 Å². The smallest absolute Gasteiger partial charge is 0.263 e. The second-order valence-corrected chi connectivity index (χ2v) is 8.34. The lowest BCUT2D eigenvalue weighted by molar-refractivity contribution is 0.0941. The summed E-state index contributed by atoms with van der Waals surface area (Å²) in [6.07, 6.45) is 1.11. The van der Waals surface area contributed by atoms with E-state index in [2.05, 4.69) is 5.32 Å². The molecule has 22 heavy (non-hydrogen) atoms. The summed E-state index contributed by atoms with van der Waals surface area (Å²) in [6.45, 7) is 5.89. The molecule has 1 heterocycles. The molecule has 1 N–H and O–H groups in total. The molecule has 0 saturated carbocycles. The number of hydrogen-bond donors (Lipinski definition) is 1. The second-order valence-electron chi connectivity index (χ2n) is 5.44. The first-order chi connectivity index (χ1) is 10.2. The van der Waals surface area contributed by atoms with Crippen molar-refractivity contribution in [2.45, 2.75) is 31.7 Å². The van der Waals surface area contributed by atoms with E-state index in [4.69, 9.17) is 0 Å². The minimum Gasteiger partial charge on any atom is -0.345 e. The largest absolute Gasteiger partial charge is 0.345 e. The van der Waals surface area contributed by atoms with Crippen LogP contribution < -0.4 is 5.32 Å². The van der Waals surface area contributed by atoms with E-state index in [0.717, 1.165) is 34.3 Å². The van der Waals surface area contributed by atoms with Gasteiger partial charge < -0.3 is 5.32 Å². The molecular formula is C16H19NO3S2. The summed E-state index contributed by atoms with van der Waals surface area (Å²) in [5.41, 5.74) is 3.24. The molecule has 0 fully saturated rings. The van der Waals surface area contributed by atoms with Crippen LogP contribution in [0.2, 0.25) is 0 Å². The summed E-state index contributed by atoms with van der Waals surface area (Å²) < 4.78 is 23.4. The Kier molecular flexibility index (Phi) is 4.72. The molecule has 0 aliphatic rings. The van der Waals surface area contributed by atoms with Gasteiger partial charge in [0.1, 0.15) is 4.88 Å². The van der Waals surface area contributed by atoms with Crippen LogP contribution in [0.4, 0.5) is 0 Å². The summed E-state index contributed by atoms with van der Waals surface area (Å²) >= 11 is 1.14. The molecule has 0 radical (unpaired) electrons. The van der Waals surface area contributed by atoms with Crippen molar-refractivity contribution in [1.82, 2.24) is 5.32 Å². The molecule has 2 rings (SSSR count). The third kappa shape index (κ3) is 3.56. The Hall–Kier alpha value is -1.66. The van der Waals surface area contributed by atoms with Crippen molar-refractivity contribution in [1.29, 1.82) is 0 Å². The molecule has 6 heteroatoms. The Balaban J connectivity index is 2.26. The highest BCUT2D eigenvalue weighted by Crippen LogP contribution is 2.24. The summed E-state index contributed by atoms with van der Waals surface area (Å²) in [5, 5.41) is 4.51. The molecule has 0 saturated heterocycles. The van der Waals surface area contributed by atoms with Crippen LogP contribution in [0.25, 0.3) is 0 Å². The maximum absolute atomic E-state index is 12.4. The van der Waals surface area contributed by atoms with Crippen LogP contribution in [-0.4, -0.2) is 20.6 Å². The first-order valence-electron chi connectivity index (χ1n) is 6.85. The first-order valence-corrected chi connectivity index (χ1v) is 9.63. The van der Waals surface area contributed by atoms with Crippen LogP contribution in [0.1, 0.15) is 39.3 Å². The Morgan fingerprint density at radius 1 is 1.23 bits per heavy atom. The average molecular weight is 337 g/mol. The Morgan fingerprint density at radius 2 is 1.91 bits per heavy atom. The van der Waals surface area contributed by atoms with Gasteiger partial charge in [-0.3, -0.25) is 4.79 Å². The number of aryl methyl sites for hydroxylation is 2. The van der Waals surface area contributed by atoms with Crippen LogP contribution in [-0.2, 0) is 9.84 Å². The number of carbonyl (C=O) groups is 1. The van der Waals surface area contributed by atoms with E-state index < -0.39 is 9.84 Å². The summed E-state index contributed by atoms with van der Waals surface area (Å²) in [4.78, 5) is 12.7. The molecule has 0 unspecified atom stereocenters. The molecule has 2 aromatic rings. The molecule has 0 spiro atoms. The van der Waals surface area contributed by atoms with Crippen molar-refractivity contribution in [3.05, 3.63) is 51.2 Å². The fourth-order valence-corrected chi connectivity index (χ4v) is 4.44. The fourth-order valence-electron chi connectivity index (χ4n) is 2.32. The van der Waals surface area contributed by atoms with Crippen molar-refractivity contribution in [2.24, 2.45) is 0 Å². The lowest BCUT2D eigenvalue weighted by Gasteiger charge is -2.17. The number of thiophene rings is 1. The molecule has 4 nitrogen and oxygen atoms in total. The van der Waals surface area contributed by atoms with E-state index in [9.17, 15) is 13.2 Å². The number of sulfone groups is 1. The zero-order valence-corrected chi connectivity index (χ0v) is 14.6. The molecule has 1 atom stereocenters. The van der Waals surface area contributed by atoms with Gasteiger partial charge in [-0.15, -0.1) is 11.3 Å². The highest BCUT2D eigenvalue weighted by Gasteiger charge is 2.22. The van der Waals surface area contributed by atoms with E-state index >= 15 is 0 Å². The highest BCUT2D eigenvalue weighted by molar-refractivity contribution is 7.91. The summed E-state index contributed by atoms with van der Waals surface area (Å²) in [5.74, 6) is -0.358. The van der Waals surface area contributed by atoms with Gasteiger partial charge in [0.15, 0.2) is 9.84 Å². The van der Waals surface area contributed by atoms with Crippen molar-refractivity contribution >= 4 is 27.1 Å². The number of amides is 1. The zero-order chi connectivity index (χ0) is 16.5. The number of rotatable bonds is 4. The van der Waals surface area contributed by atoms with E-state index in [-0.39, 0.29) is 21.7 Å². The average Bonchev–Trinajstić information content (AvgIpc) is 2.90. The lowest BCUT2D eigenvalue weighted by atomic mass is 10.00. The standard InChI is InChI=1S/C16H19NO3S2/c1-10-5-6-11(2)13(9-10)12(3)17-16(18)15-14(7-8-21-15)22(4,19)20/h5-9,12H,1-4H3,(H,17,18)/t12-/m0/s1. The van der Waals surface area contributed by atoms with Gasteiger partial charge in [0.2, 0.25) is 0 Å². The summed E-state index contributed by atoms with van der Waals surface area (Å²) in [6, 6.07) is 7.35. The molecular weight excluding hydrogens is 318 g/mol. The van der Waals surface area contributed by atoms with E-state index in [0.29, 0.717) is 0 Å². The van der Waals surface area contributed by atoms with Gasteiger partial charge in [-0.25, -0.2) is 8.42 Å². The Morgan fingerprint density at radius 3 is 2.55 bits per heavy atom. The number of hydrogen-bond acceptors (Lipinski definition) is 4. The predicted molar refractivity (Wildman–Crippen MR) is 89.2 cm³/mol. The van der Waals surface area contributed by atoms with Gasteiger partial charge in [0.25, 0.3) is 5.91 Å². The topological polar surface area (TPSA) is 63.2 Å². The van der Waals surface area contributed by atoms with Gasteiger partial charge in [-0.1, -0.05) is 23.8 Å². The molecule has 1 aromatic carbocycles. The Labute approximate surface area is 135 Å². The predicted octanol–water partition coefficient (Wildman–Crippen LogP) is 3.26. The highest BCUT2D eigenvalue weighted by atomic mass is 32.2. The normalized spacial score (nSPS) is 12.9. The maximum Gasteiger partial charge on any atom is 0.263 e. The van der Waals surface area contributed by atoms with Gasteiger partial charge in [0.05, 0.1) is 10.9 Å². The first kappa shape index (κ1) is 16.7. The number of benzene rings is 1. The lowest BCUT2D eigenvalue weighted by Crippen LogP contribution is -2.27. The molecule has 1 amide bonds. The minimum atomic E-state index is -3.40. The minimum absolute atomic E-state index is 0.0863. The van der Waals surface area contributed by atoms with Crippen molar-refractivity contribution in [3.8, 4) is 0 Å². The SMILES string of the molecule is Cc1ccc(C)c([C@H](C)NC(=O)c2sccc2S(C)(=O)=O)c1.